The zero-order valence-electron chi connectivity index (χ0n) is 11.7. The molecule has 0 radical (unpaired) electrons. The lowest BCUT2D eigenvalue weighted by Gasteiger charge is -2.12. The summed E-state index contributed by atoms with van der Waals surface area (Å²) in [5.74, 6) is 0.706. The largest absolute Gasteiger partial charge is 0.479 e. The summed E-state index contributed by atoms with van der Waals surface area (Å²) < 4.78 is 5.31. The summed E-state index contributed by atoms with van der Waals surface area (Å²) in [6.07, 6.45) is 1.10. The summed E-state index contributed by atoms with van der Waals surface area (Å²) in [7, 11) is 0. The van der Waals surface area contributed by atoms with Crippen LogP contribution in [0.4, 0.5) is 11.4 Å². The molecule has 3 rings (SSSR count). The van der Waals surface area contributed by atoms with E-state index in [4.69, 9.17) is 10.00 Å². The monoisotopic (exact) mass is 279 g/mol. The minimum atomic E-state index is 0.0690. The van der Waals surface area contributed by atoms with Crippen molar-refractivity contribution in [1.29, 1.82) is 5.26 Å². The Balaban J connectivity index is 1.68. The number of benzene rings is 2. The van der Waals surface area contributed by atoms with E-state index >= 15 is 0 Å². The van der Waals surface area contributed by atoms with Crippen LogP contribution in [0.15, 0.2) is 42.5 Å². The Labute approximate surface area is 124 Å². The summed E-state index contributed by atoms with van der Waals surface area (Å²) in [4.78, 5) is 0. The van der Waals surface area contributed by atoms with Crippen LogP contribution in [0.1, 0.15) is 11.1 Å². The first-order chi connectivity index (χ1) is 10.4. The van der Waals surface area contributed by atoms with E-state index in [1.165, 1.54) is 16.8 Å². The fraction of sp³-hybridized carbons (Fsp3) is 0.235. The van der Waals surface area contributed by atoms with Gasteiger partial charge in [0.05, 0.1) is 0 Å². The van der Waals surface area contributed by atoms with Crippen LogP contribution >= 0.6 is 0 Å². The molecular formula is C17H17N3O. The number of rotatable bonds is 5. The van der Waals surface area contributed by atoms with Crippen molar-refractivity contribution in [3.63, 3.8) is 0 Å². The first kappa shape index (κ1) is 13.3. The van der Waals surface area contributed by atoms with Crippen LogP contribution in [-0.4, -0.2) is 13.2 Å². The molecule has 0 fully saturated rings. The molecule has 21 heavy (non-hydrogen) atoms. The second-order valence-corrected chi connectivity index (χ2v) is 4.96. The lowest BCUT2D eigenvalue weighted by Crippen LogP contribution is -2.03. The van der Waals surface area contributed by atoms with Crippen molar-refractivity contribution in [3.05, 3.63) is 53.6 Å². The van der Waals surface area contributed by atoms with Crippen molar-refractivity contribution in [2.45, 2.75) is 13.0 Å². The van der Waals surface area contributed by atoms with E-state index in [1.54, 1.807) is 0 Å². The Morgan fingerprint density at radius 1 is 1.24 bits per heavy atom. The third-order valence-corrected chi connectivity index (χ3v) is 3.55. The molecule has 0 unspecified atom stereocenters. The predicted octanol–water partition coefficient (Wildman–Crippen LogP) is 3.17. The fourth-order valence-electron chi connectivity index (χ4n) is 2.57. The van der Waals surface area contributed by atoms with Crippen LogP contribution in [0.5, 0.6) is 5.75 Å². The minimum Gasteiger partial charge on any atom is -0.479 e. The maximum Gasteiger partial charge on any atom is 0.174 e. The van der Waals surface area contributed by atoms with Crippen LogP contribution in [0.2, 0.25) is 0 Å². The third-order valence-electron chi connectivity index (χ3n) is 3.55. The van der Waals surface area contributed by atoms with Gasteiger partial charge in [0.2, 0.25) is 0 Å². The zero-order valence-corrected chi connectivity index (χ0v) is 11.7. The van der Waals surface area contributed by atoms with Gasteiger partial charge in [-0.25, -0.2) is 0 Å². The Hall–Kier alpha value is -2.67. The molecule has 0 amide bonds. The molecule has 4 heteroatoms. The highest BCUT2D eigenvalue weighted by atomic mass is 16.5. The summed E-state index contributed by atoms with van der Waals surface area (Å²) in [6.45, 7) is 1.85. The molecule has 4 nitrogen and oxygen atoms in total. The van der Waals surface area contributed by atoms with Crippen molar-refractivity contribution >= 4 is 11.4 Å². The number of hydrogen-bond acceptors (Lipinski definition) is 4. The number of ether oxygens (including phenoxy) is 1. The van der Waals surface area contributed by atoms with E-state index in [2.05, 4.69) is 28.8 Å². The molecule has 1 aliphatic heterocycles. The van der Waals surface area contributed by atoms with E-state index in [0.717, 1.165) is 25.2 Å². The number of hydrogen-bond donors (Lipinski definition) is 2. The molecule has 0 atom stereocenters. The number of nitrogens with one attached hydrogen (secondary N) is 2. The normalized spacial score (nSPS) is 12.1. The topological polar surface area (TPSA) is 57.1 Å². The van der Waals surface area contributed by atoms with Gasteiger partial charge in [-0.1, -0.05) is 24.3 Å². The van der Waals surface area contributed by atoms with Gasteiger partial charge in [-0.15, -0.1) is 0 Å². The maximum absolute atomic E-state index is 8.54. The van der Waals surface area contributed by atoms with Crippen molar-refractivity contribution in [1.82, 2.24) is 0 Å². The SMILES string of the molecule is N#CCOc1cccc(NCc2cccc3c2NCC3)c1. The minimum absolute atomic E-state index is 0.0690. The van der Waals surface area contributed by atoms with Gasteiger partial charge in [-0.05, 0) is 29.7 Å². The van der Waals surface area contributed by atoms with E-state index in [-0.39, 0.29) is 6.61 Å². The summed E-state index contributed by atoms with van der Waals surface area (Å²) in [6, 6.07) is 16.1. The lowest BCUT2D eigenvalue weighted by atomic mass is 10.1. The Morgan fingerprint density at radius 2 is 2.14 bits per heavy atom. The third kappa shape index (κ3) is 3.09. The number of nitrogens with zero attached hydrogens (tertiary/aromatic N) is 1. The van der Waals surface area contributed by atoms with E-state index in [1.807, 2.05) is 30.3 Å². The summed E-state index contributed by atoms with van der Waals surface area (Å²) in [5, 5.41) is 15.4. The van der Waals surface area contributed by atoms with Crippen LogP contribution in [0.3, 0.4) is 0 Å². The summed E-state index contributed by atoms with van der Waals surface area (Å²) in [5.41, 5.74) is 4.91. The van der Waals surface area contributed by atoms with Gasteiger partial charge in [0.1, 0.15) is 11.8 Å². The van der Waals surface area contributed by atoms with E-state index in [0.29, 0.717) is 5.75 Å². The smallest absolute Gasteiger partial charge is 0.174 e. The molecular weight excluding hydrogens is 262 g/mol. The summed E-state index contributed by atoms with van der Waals surface area (Å²) >= 11 is 0. The van der Waals surface area contributed by atoms with Crippen LogP contribution in [0.25, 0.3) is 0 Å². The highest BCUT2D eigenvalue weighted by Crippen LogP contribution is 2.27. The van der Waals surface area contributed by atoms with Crippen molar-refractivity contribution in [2.24, 2.45) is 0 Å². The molecule has 2 aromatic carbocycles. The van der Waals surface area contributed by atoms with Gasteiger partial charge in [0.15, 0.2) is 6.61 Å². The highest BCUT2D eigenvalue weighted by Gasteiger charge is 2.13. The molecule has 0 aromatic heterocycles. The number of fused-ring (bicyclic) bond motifs is 1. The van der Waals surface area contributed by atoms with Gasteiger partial charge in [-0.2, -0.15) is 5.26 Å². The van der Waals surface area contributed by atoms with E-state index < -0.39 is 0 Å². The standard InChI is InChI=1S/C17H17N3O/c18-8-10-21-16-6-2-5-15(11-16)20-12-14-4-1-3-13-7-9-19-17(13)14/h1-6,11,19-20H,7,9-10,12H2. The average Bonchev–Trinajstić information content (AvgIpc) is 3.00. The first-order valence-electron chi connectivity index (χ1n) is 7.05. The fourth-order valence-corrected chi connectivity index (χ4v) is 2.57. The van der Waals surface area contributed by atoms with Gasteiger partial charge in [0, 0.05) is 30.5 Å². The number of nitriles is 1. The first-order valence-corrected chi connectivity index (χ1v) is 7.05. The molecule has 1 heterocycles. The molecule has 0 saturated heterocycles. The van der Waals surface area contributed by atoms with Crippen LogP contribution < -0.4 is 15.4 Å². The van der Waals surface area contributed by atoms with Gasteiger partial charge >= 0.3 is 0 Å². The van der Waals surface area contributed by atoms with Gasteiger partial charge < -0.3 is 15.4 Å². The molecule has 0 aliphatic carbocycles. The molecule has 0 bridgehead atoms. The average molecular weight is 279 g/mol. The zero-order chi connectivity index (χ0) is 14.5. The second kappa shape index (κ2) is 6.19. The molecule has 2 aromatic rings. The van der Waals surface area contributed by atoms with E-state index in [9.17, 15) is 0 Å². The van der Waals surface area contributed by atoms with Crippen LogP contribution in [-0.2, 0) is 13.0 Å². The van der Waals surface area contributed by atoms with Gasteiger partial charge in [-0.3, -0.25) is 0 Å². The molecule has 0 saturated carbocycles. The number of para-hydroxylation sites is 1. The molecule has 0 spiro atoms. The lowest BCUT2D eigenvalue weighted by molar-refractivity contribution is 0.368. The van der Waals surface area contributed by atoms with Crippen molar-refractivity contribution < 1.29 is 4.74 Å². The molecule has 1 aliphatic rings. The Bertz CT molecular complexity index is 676. The molecule has 106 valence electrons. The number of anilines is 2. The Morgan fingerprint density at radius 3 is 3.05 bits per heavy atom. The highest BCUT2D eigenvalue weighted by molar-refractivity contribution is 5.62. The molecule has 2 N–H and O–H groups in total. The Kier molecular flexibility index (Phi) is 3.92. The van der Waals surface area contributed by atoms with Gasteiger partial charge in [0.25, 0.3) is 0 Å². The second-order valence-electron chi connectivity index (χ2n) is 4.96. The van der Waals surface area contributed by atoms with Crippen molar-refractivity contribution in [3.8, 4) is 11.8 Å². The predicted molar refractivity (Wildman–Crippen MR) is 83.5 cm³/mol. The maximum atomic E-state index is 8.54. The van der Waals surface area contributed by atoms with Crippen molar-refractivity contribution in [2.75, 3.05) is 23.8 Å². The quantitative estimate of drug-likeness (QED) is 0.882. The van der Waals surface area contributed by atoms with Crippen LogP contribution in [0, 0.1) is 11.3 Å².